The van der Waals surface area contributed by atoms with Crippen LogP contribution in [0.15, 0.2) is 35.1 Å². The number of rotatable bonds is 3. The standard InChI is InChI=1S/C9H8N2O3/c12-7-3-1-2-4-8(7)13-5-9-10-6-11-14-9/h1-4,6,12H,5H2. The molecule has 0 radical (unpaired) electrons. The smallest absolute Gasteiger partial charge is 0.264 e. The third-order valence-corrected chi connectivity index (χ3v) is 1.62. The topological polar surface area (TPSA) is 68.4 Å². The van der Waals surface area contributed by atoms with Gasteiger partial charge in [-0.2, -0.15) is 4.98 Å². The van der Waals surface area contributed by atoms with Crippen LogP contribution in [0.2, 0.25) is 0 Å². The van der Waals surface area contributed by atoms with Crippen molar-refractivity contribution >= 4 is 0 Å². The van der Waals surface area contributed by atoms with E-state index < -0.39 is 0 Å². The number of hydrogen-bond acceptors (Lipinski definition) is 5. The van der Waals surface area contributed by atoms with Crippen LogP contribution >= 0.6 is 0 Å². The van der Waals surface area contributed by atoms with Gasteiger partial charge in [-0.3, -0.25) is 0 Å². The SMILES string of the molecule is Oc1ccccc1OCc1ncno1. The first kappa shape index (κ1) is 8.55. The van der Waals surface area contributed by atoms with E-state index in [0.29, 0.717) is 11.6 Å². The summed E-state index contributed by atoms with van der Waals surface area (Å²) < 4.78 is 9.96. The maximum absolute atomic E-state index is 9.35. The Kier molecular flexibility index (Phi) is 2.31. The van der Waals surface area contributed by atoms with Gasteiger partial charge >= 0.3 is 0 Å². The molecule has 0 amide bonds. The summed E-state index contributed by atoms with van der Waals surface area (Å²) in [5.74, 6) is 0.853. The van der Waals surface area contributed by atoms with Gasteiger partial charge in [0.15, 0.2) is 24.4 Å². The van der Waals surface area contributed by atoms with Crippen LogP contribution in [-0.4, -0.2) is 15.2 Å². The lowest BCUT2D eigenvalue weighted by Gasteiger charge is -2.04. The highest BCUT2D eigenvalue weighted by molar-refractivity contribution is 5.37. The highest BCUT2D eigenvalue weighted by Gasteiger charge is 2.03. The van der Waals surface area contributed by atoms with Crippen LogP contribution in [0.5, 0.6) is 11.5 Å². The summed E-state index contributed by atoms with van der Waals surface area (Å²) in [7, 11) is 0. The number of aromatic nitrogens is 2. The summed E-state index contributed by atoms with van der Waals surface area (Å²) in [4.78, 5) is 3.78. The van der Waals surface area contributed by atoms with Crippen LogP contribution in [0.4, 0.5) is 0 Å². The van der Waals surface area contributed by atoms with E-state index in [4.69, 9.17) is 9.26 Å². The molecule has 0 atom stereocenters. The minimum Gasteiger partial charge on any atom is -0.504 e. The van der Waals surface area contributed by atoms with Crippen LogP contribution in [0, 0.1) is 0 Å². The number of hydrogen-bond donors (Lipinski definition) is 1. The van der Waals surface area contributed by atoms with Gasteiger partial charge < -0.3 is 14.4 Å². The zero-order valence-electron chi connectivity index (χ0n) is 7.25. The number of para-hydroxylation sites is 2. The van der Waals surface area contributed by atoms with Crippen LogP contribution in [0.3, 0.4) is 0 Å². The summed E-state index contributed by atoms with van der Waals surface area (Å²) in [6, 6.07) is 6.69. The number of phenols is 1. The van der Waals surface area contributed by atoms with Crippen LogP contribution < -0.4 is 4.74 Å². The second kappa shape index (κ2) is 3.78. The van der Waals surface area contributed by atoms with Gasteiger partial charge in [0.1, 0.15) is 0 Å². The zero-order valence-corrected chi connectivity index (χ0v) is 7.25. The van der Waals surface area contributed by atoms with Gasteiger partial charge in [0.2, 0.25) is 0 Å². The number of benzene rings is 1. The van der Waals surface area contributed by atoms with E-state index in [-0.39, 0.29) is 12.4 Å². The Hall–Kier alpha value is -2.04. The molecule has 0 fully saturated rings. The lowest BCUT2D eigenvalue weighted by atomic mass is 10.3. The highest BCUT2D eigenvalue weighted by atomic mass is 16.5. The summed E-state index contributed by atoms with van der Waals surface area (Å²) >= 11 is 0. The lowest BCUT2D eigenvalue weighted by Crippen LogP contribution is -1.95. The van der Waals surface area contributed by atoms with Crippen molar-refractivity contribution in [3.63, 3.8) is 0 Å². The van der Waals surface area contributed by atoms with E-state index in [1.807, 2.05) is 0 Å². The molecule has 14 heavy (non-hydrogen) atoms. The van der Waals surface area contributed by atoms with E-state index in [1.54, 1.807) is 24.3 Å². The predicted octanol–water partition coefficient (Wildman–Crippen LogP) is 1.35. The second-order valence-corrected chi connectivity index (χ2v) is 2.59. The average molecular weight is 192 g/mol. The van der Waals surface area contributed by atoms with E-state index >= 15 is 0 Å². The molecule has 0 spiro atoms. The molecule has 1 aromatic carbocycles. The van der Waals surface area contributed by atoms with Crippen molar-refractivity contribution in [1.82, 2.24) is 10.1 Å². The predicted molar refractivity (Wildman–Crippen MR) is 46.7 cm³/mol. The first-order valence-corrected chi connectivity index (χ1v) is 4.02. The summed E-state index contributed by atoms with van der Waals surface area (Å²) in [6.45, 7) is 0.150. The molecule has 5 nitrogen and oxygen atoms in total. The van der Waals surface area contributed by atoms with E-state index in [0.717, 1.165) is 0 Å². The van der Waals surface area contributed by atoms with Crippen molar-refractivity contribution in [2.45, 2.75) is 6.61 Å². The molecule has 5 heteroatoms. The van der Waals surface area contributed by atoms with Gasteiger partial charge in [-0.05, 0) is 12.1 Å². The van der Waals surface area contributed by atoms with Gasteiger partial charge in [0.05, 0.1) is 0 Å². The Balaban J connectivity index is 2.02. The summed E-state index contributed by atoms with van der Waals surface area (Å²) in [6.07, 6.45) is 1.30. The number of ether oxygens (including phenoxy) is 1. The van der Waals surface area contributed by atoms with E-state index in [9.17, 15) is 5.11 Å². The Morgan fingerprint density at radius 3 is 2.93 bits per heavy atom. The maximum Gasteiger partial charge on any atom is 0.264 e. The maximum atomic E-state index is 9.35. The molecule has 0 aliphatic rings. The van der Waals surface area contributed by atoms with Crippen molar-refractivity contribution < 1.29 is 14.4 Å². The monoisotopic (exact) mass is 192 g/mol. The molecule has 0 unspecified atom stereocenters. The van der Waals surface area contributed by atoms with Crippen molar-refractivity contribution in [2.24, 2.45) is 0 Å². The molecule has 0 saturated heterocycles. The molecule has 1 aromatic heterocycles. The largest absolute Gasteiger partial charge is 0.504 e. The molecule has 2 aromatic rings. The fourth-order valence-corrected chi connectivity index (χ4v) is 0.978. The van der Waals surface area contributed by atoms with E-state index in [2.05, 4.69) is 10.1 Å². The Labute approximate surface area is 79.9 Å². The molecular formula is C9H8N2O3. The average Bonchev–Trinajstić information content (AvgIpc) is 2.69. The molecule has 0 bridgehead atoms. The summed E-state index contributed by atoms with van der Waals surface area (Å²) in [5, 5.41) is 12.8. The minimum absolute atomic E-state index is 0.0898. The van der Waals surface area contributed by atoms with Gasteiger partial charge in [0.25, 0.3) is 5.89 Å². The molecule has 0 aliphatic carbocycles. The second-order valence-electron chi connectivity index (χ2n) is 2.59. The Bertz CT molecular complexity index is 400. The number of aromatic hydroxyl groups is 1. The molecule has 1 N–H and O–H groups in total. The normalized spacial score (nSPS) is 10.0. The Morgan fingerprint density at radius 2 is 2.21 bits per heavy atom. The van der Waals surface area contributed by atoms with Gasteiger partial charge in [-0.15, -0.1) is 0 Å². The molecule has 2 rings (SSSR count). The quantitative estimate of drug-likeness (QED) is 0.795. The van der Waals surface area contributed by atoms with Crippen LogP contribution in [0.25, 0.3) is 0 Å². The van der Waals surface area contributed by atoms with Gasteiger partial charge in [0, 0.05) is 0 Å². The molecule has 0 saturated carbocycles. The minimum atomic E-state index is 0.0898. The zero-order chi connectivity index (χ0) is 9.80. The Morgan fingerprint density at radius 1 is 1.36 bits per heavy atom. The third kappa shape index (κ3) is 1.82. The van der Waals surface area contributed by atoms with Crippen LogP contribution in [-0.2, 0) is 6.61 Å². The molecule has 72 valence electrons. The van der Waals surface area contributed by atoms with E-state index in [1.165, 1.54) is 6.33 Å². The van der Waals surface area contributed by atoms with Crippen molar-refractivity contribution in [3.8, 4) is 11.5 Å². The lowest BCUT2D eigenvalue weighted by molar-refractivity contribution is 0.235. The number of nitrogens with zero attached hydrogens (tertiary/aromatic N) is 2. The van der Waals surface area contributed by atoms with Crippen molar-refractivity contribution in [2.75, 3.05) is 0 Å². The fourth-order valence-electron chi connectivity index (χ4n) is 0.978. The summed E-state index contributed by atoms with van der Waals surface area (Å²) in [5.41, 5.74) is 0. The molecule has 0 aliphatic heterocycles. The first-order valence-electron chi connectivity index (χ1n) is 4.02. The third-order valence-electron chi connectivity index (χ3n) is 1.62. The van der Waals surface area contributed by atoms with Gasteiger partial charge in [-0.25, -0.2) is 0 Å². The number of phenolic OH excluding ortho intramolecular Hbond substituents is 1. The van der Waals surface area contributed by atoms with Crippen molar-refractivity contribution in [3.05, 3.63) is 36.5 Å². The molecular weight excluding hydrogens is 184 g/mol. The van der Waals surface area contributed by atoms with Crippen molar-refractivity contribution in [1.29, 1.82) is 0 Å². The van der Waals surface area contributed by atoms with Crippen LogP contribution in [0.1, 0.15) is 5.89 Å². The fraction of sp³-hybridized carbons (Fsp3) is 0.111. The molecule has 1 heterocycles. The first-order chi connectivity index (χ1) is 6.86. The van der Waals surface area contributed by atoms with Gasteiger partial charge in [-0.1, -0.05) is 17.3 Å². The highest BCUT2D eigenvalue weighted by Crippen LogP contribution is 2.24.